The smallest absolute Gasteiger partial charge is 0.272 e. The van der Waals surface area contributed by atoms with Crippen molar-refractivity contribution < 1.29 is 28.8 Å². The monoisotopic (exact) mass is 700 g/mol. The molecular weight excluding hydrogens is 676 g/mol. The number of nitrogens with zero attached hydrogens (tertiary/aromatic N) is 2. The zero-order chi connectivity index (χ0) is 32.8. The molecule has 0 bridgehead atoms. The number of carbonyl (C=O) groups excluding carboxylic acids is 4. The van der Waals surface area contributed by atoms with Crippen LogP contribution < -0.4 is 20.3 Å². The number of amides is 4. The van der Waals surface area contributed by atoms with E-state index in [1.165, 1.54) is 37.5 Å². The van der Waals surface area contributed by atoms with Crippen molar-refractivity contribution in [1.82, 2.24) is 5.32 Å². The number of nitro groups is 1. The number of benzene rings is 4. The maximum absolute atomic E-state index is 13.6. The predicted octanol–water partition coefficient (Wildman–Crippen LogP) is 6.20. The third-order valence-corrected chi connectivity index (χ3v) is 8.49. The van der Waals surface area contributed by atoms with E-state index in [0.717, 1.165) is 21.1 Å². The molecule has 0 saturated carbocycles. The highest BCUT2D eigenvalue weighted by Gasteiger charge is 2.40. The van der Waals surface area contributed by atoms with Crippen LogP contribution in [-0.2, 0) is 14.4 Å². The molecule has 13 heteroatoms. The number of carbonyl (C=O) groups is 4. The zero-order valence-corrected chi connectivity index (χ0v) is 26.5. The molecule has 0 unspecified atom stereocenters. The Morgan fingerprint density at radius 3 is 2.43 bits per heavy atom. The second kappa shape index (κ2) is 14.2. The van der Waals surface area contributed by atoms with Gasteiger partial charge in [0.25, 0.3) is 17.5 Å². The van der Waals surface area contributed by atoms with Gasteiger partial charge in [0.2, 0.25) is 11.8 Å². The molecule has 1 aliphatic heterocycles. The number of methoxy groups -OCH3 is 1. The molecule has 2 N–H and O–H groups in total. The normalized spacial score (nSPS) is 14.6. The molecule has 0 spiro atoms. The molecule has 1 fully saturated rings. The second-order valence-corrected chi connectivity index (χ2v) is 12.1. The van der Waals surface area contributed by atoms with Crippen molar-refractivity contribution in [3.8, 4) is 5.75 Å². The van der Waals surface area contributed by atoms with Crippen molar-refractivity contribution in [2.75, 3.05) is 17.3 Å². The van der Waals surface area contributed by atoms with Crippen LogP contribution >= 0.6 is 27.7 Å². The Morgan fingerprint density at radius 1 is 1.00 bits per heavy atom. The highest BCUT2D eigenvalue weighted by Crippen LogP contribution is 2.35. The molecule has 0 aromatic heterocycles. The standard InChI is InChI=1S/C33H25BrN4O7S/c1-45-28-15-10-22(34)16-21(28)17-27(36-31(40)20-6-3-2-4-7-20)32(41)35-23-8-5-9-26(18-23)46-29-19-30(39)37(33(29)42)24-11-13-25(14-12-24)38(43)44/h2-18,29H,19H2,1H3,(H,35,41)(H,36,40)/b27-17-/t29-/m1/s1. The molecule has 1 heterocycles. The summed E-state index contributed by atoms with van der Waals surface area (Å²) < 4.78 is 6.18. The van der Waals surface area contributed by atoms with Crippen LogP contribution in [-0.4, -0.2) is 40.9 Å². The molecule has 11 nitrogen and oxygen atoms in total. The number of halogens is 1. The van der Waals surface area contributed by atoms with Crippen LogP contribution in [0.5, 0.6) is 5.75 Å². The van der Waals surface area contributed by atoms with E-state index in [1.54, 1.807) is 72.8 Å². The number of rotatable bonds is 10. The largest absolute Gasteiger partial charge is 0.496 e. The lowest BCUT2D eigenvalue weighted by molar-refractivity contribution is -0.384. The lowest BCUT2D eigenvalue weighted by Gasteiger charge is -2.15. The van der Waals surface area contributed by atoms with Crippen LogP contribution in [0.4, 0.5) is 17.1 Å². The molecule has 46 heavy (non-hydrogen) atoms. The Hall–Kier alpha value is -5.27. The maximum atomic E-state index is 13.6. The number of ether oxygens (including phenoxy) is 1. The summed E-state index contributed by atoms with van der Waals surface area (Å²) in [6.07, 6.45) is 1.44. The van der Waals surface area contributed by atoms with Gasteiger partial charge in [0, 0.05) is 44.7 Å². The first-order valence-corrected chi connectivity index (χ1v) is 15.4. The minimum atomic E-state index is -0.738. The predicted molar refractivity (Wildman–Crippen MR) is 178 cm³/mol. The molecular formula is C33H25BrN4O7S. The molecule has 4 aromatic rings. The van der Waals surface area contributed by atoms with E-state index in [0.29, 0.717) is 27.5 Å². The van der Waals surface area contributed by atoms with E-state index in [9.17, 15) is 29.3 Å². The molecule has 232 valence electrons. The molecule has 1 saturated heterocycles. The third-order valence-electron chi connectivity index (χ3n) is 6.81. The van der Waals surface area contributed by atoms with Crippen LogP contribution in [0.2, 0.25) is 0 Å². The van der Waals surface area contributed by atoms with Gasteiger partial charge in [-0.05, 0) is 66.7 Å². The molecule has 5 rings (SSSR count). The van der Waals surface area contributed by atoms with Crippen molar-refractivity contribution in [2.45, 2.75) is 16.6 Å². The number of nitro benzene ring substituents is 1. The van der Waals surface area contributed by atoms with Gasteiger partial charge in [-0.3, -0.25) is 29.3 Å². The van der Waals surface area contributed by atoms with E-state index in [-0.39, 0.29) is 23.5 Å². The molecule has 1 atom stereocenters. The second-order valence-electron chi connectivity index (χ2n) is 9.90. The average Bonchev–Trinajstić information content (AvgIpc) is 3.32. The molecule has 4 aromatic carbocycles. The average molecular weight is 702 g/mol. The van der Waals surface area contributed by atoms with E-state index in [1.807, 2.05) is 0 Å². The first kappa shape index (κ1) is 32.1. The van der Waals surface area contributed by atoms with Crippen molar-refractivity contribution in [1.29, 1.82) is 0 Å². The summed E-state index contributed by atoms with van der Waals surface area (Å²) in [5.41, 5.74) is 1.35. The van der Waals surface area contributed by atoms with Crippen LogP contribution in [0.3, 0.4) is 0 Å². The van der Waals surface area contributed by atoms with Gasteiger partial charge in [-0.15, -0.1) is 11.8 Å². The topological polar surface area (TPSA) is 148 Å². The Labute approximate surface area is 275 Å². The SMILES string of the molecule is COc1ccc(Br)cc1/C=C(\NC(=O)c1ccccc1)C(=O)Nc1cccc(S[C@@H]2CC(=O)N(c3ccc([N+](=O)[O-])cc3)C2=O)c1. The van der Waals surface area contributed by atoms with Crippen molar-refractivity contribution in [2.24, 2.45) is 0 Å². The maximum Gasteiger partial charge on any atom is 0.272 e. The summed E-state index contributed by atoms with van der Waals surface area (Å²) in [5.74, 6) is -1.48. The number of imide groups is 1. The van der Waals surface area contributed by atoms with E-state index in [2.05, 4.69) is 26.6 Å². The fourth-order valence-electron chi connectivity index (χ4n) is 4.62. The van der Waals surface area contributed by atoms with Crippen molar-refractivity contribution in [3.05, 3.63) is 128 Å². The fourth-order valence-corrected chi connectivity index (χ4v) is 6.11. The highest BCUT2D eigenvalue weighted by atomic mass is 79.9. The van der Waals surface area contributed by atoms with Crippen molar-refractivity contribution in [3.63, 3.8) is 0 Å². The first-order chi connectivity index (χ1) is 22.1. The van der Waals surface area contributed by atoms with Crippen LogP contribution in [0, 0.1) is 10.1 Å². The quantitative estimate of drug-likeness (QED) is 0.0860. The number of hydrogen-bond acceptors (Lipinski definition) is 8. The van der Waals surface area contributed by atoms with Gasteiger partial charge in [-0.25, -0.2) is 4.90 Å². The van der Waals surface area contributed by atoms with Crippen LogP contribution in [0.15, 0.2) is 112 Å². The highest BCUT2D eigenvalue weighted by molar-refractivity contribution is 9.10. The van der Waals surface area contributed by atoms with Gasteiger partial charge in [0.15, 0.2) is 0 Å². The Balaban J connectivity index is 1.35. The van der Waals surface area contributed by atoms with Gasteiger partial charge in [-0.2, -0.15) is 0 Å². The summed E-state index contributed by atoms with van der Waals surface area (Å²) in [6, 6.07) is 25.7. The summed E-state index contributed by atoms with van der Waals surface area (Å²) >= 11 is 4.58. The number of hydrogen-bond donors (Lipinski definition) is 2. The van der Waals surface area contributed by atoms with Gasteiger partial charge in [0.05, 0.1) is 23.0 Å². The summed E-state index contributed by atoms with van der Waals surface area (Å²) in [6.45, 7) is 0. The number of nitrogens with one attached hydrogen (secondary N) is 2. The number of non-ortho nitro benzene ring substituents is 1. The summed E-state index contributed by atoms with van der Waals surface area (Å²) in [7, 11) is 1.50. The van der Waals surface area contributed by atoms with Gasteiger partial charge >= 0.3 is 0 Å². The minimum absolute atomic E-state index is 0.0429. The lowest BCUT2D eigenvalue weighted by atomic mass is 10.1. The van der Waals surface area contributed by atoms with E-state index in [4.69, 9.17) is 4.74 Å². The molecule has 0 radical (unpaired) electrons. The first-order valence-electron chi connectivity index (χ1n) is 13.7. The minimum Gasteiger partial charge on any atom is -0.496 e. The number of thioether (sulfide) groups is 1. The Kier molecular flexibility index (Phi) is 9.94. The van der Waals surface area contributed by atoms with Crippen LogP contribution in [0.25, 0.3) is 6.08 Å². The summed E-state index contributed by atoms with van der Waals surface area (Å²) in [4.78, 5) is 64.6. The third kappa shape index (κ3) is 7.50. The zero-order valence-electron chi connectivity index (χ0n) is 24.1. The van der Waals surface area contributed by atoms with Gasteiger partial charge < -0.3 is 15.4 Å². The van der Waals surface area contributed by atoms with Gasteiger partial charge in [0.1, 0.15) is 11.4 Å². The molecule has 1 aliphatic rings. The Bertz CT molecular complexity index is 1870. The molecule has 4 amide bonds. The fraction of sp³-hybridized carbons (Fsp3) is 0.0909. The van der Waals surface area contributed by atoms with E-state index < -0.39 is 33.8 Å². The van der Waals surface area contributed by atoms with E-state index >= 15 is 0 Å². The summed E-state index contributed by atoms with van der Waals surface area (Å²) in [5, 5.41) is 15.7. The number of anilines is 2. The molecule has 0 aliphatic carbocycles. The Morgan fingerprint density at radius 2 is 1.74 bits per heavy atom. The van der Waals surface area contributed by atoms with Gasteiger partial charge in [-0.1, -0.05) is 40.2 Å². The lowest BCUT2D eigenvalue weighted by Crippen LogP contribution is -2.31. The van der Waals surface area contributed by atoms with Crippen LogP contribution in [0.1, 0.15) is 22.3 Å². The van der Waals surface area contributed by atoms with Crippen molar-refractivity contribution >= 4 is 74.5 Å².